The summed E-state index contributed by atoms with van der Waals surface area (Å²) in [6, 6.07) is 7.84. The number of fused-ring (bicyclic) bond motifs is 2. The maximum Gasteiger partial charge on any atom is 0.262 e. The minimum absolute atomic E-state index is 0.256. The van der Waals surface area contributed by atoms with Crippen LogP contribution in [0.25, 0.3) is 5.65 Å². The summed E-state index contributed by atoms with van der Waals surface area (Å²) in [5.74, 6) is 1.25. The molecular weight excluding hydrogens is 402 g/mol. The number of thiazole rings is 1. The lowest BCUT2D eigenvalue weighted by atomic mass is 10.1. The van der Waals surface area contributed by atoms with Crippen LogP contribution in [0, 0.1) is 20.8 Å². The predicted molar refractivity (Wildman–Crippen MR) is 113 cm³/mol. The Kier molecular flexibility index (Phi) is 4.39. The number of hydrogen-bond donors (Lipinski definition) is 1. The number of aromatic nitrogens is 4. The first-order valence-corrected chi connectivity index (χ1v) is 10.3. The number of benzene rings is 1. The highest BCUT2D eigenvalue weighted by atomic mass is 32.1. The van der Waals surface area contributed by atoms with Gasteiger partial charge in [0.05, 0.1) is 11.9 Å². The van der Waals surface area contributed by atoms with Crippen molar-refractivity contribution in [1.29, 1.82) is 0 Å². The number of ether oxygens (including phenoxy) is 2. The molecule has 0 saturated heterocycles. The van der Waals surface area contributed by atoms with E-state index in [0.717, 1.165) is 39.0 Å². The summed E-state index contributed by atoms with van der Waals surface area (Å²) in [6.45, 7) is 6.03. The Morgan fingerprint density at radius 1 is 1.17 bits per heavy atom. The van der Waals surface area contributed by atoms with E-state index in [0.29, 0.717) is 22.8 Å². The van der Waals surface area contributed by atoms with Gasteiger partial charge in [-0.25, -0.2) is 14.5 Å². The number of carbonyl (C=O) groups excluding carboxylic acids is 1. The molecule has 1 aromatic carbocycles. The number of hydrogen-bond acceptors (Lipinski definition) is 7. The largest absolute Gasteiger partial charge is 0.454 e. The van der Waals surface area contributed by atoms with Crippen LogP contribution in [-0.4, -0.2) is 32.3 Å². The quantitative estimate of drug-likeness (QED) is 0.541. The van der Waals surface area contributed by atoms with Crippen LogP contribution in [0.15, 0.2) is 30.5 Å². The minimum Gasteiger partial charge on any atom is -0.454 e. The third kappa shape index (κ3) is 3.26. The topological polar surface area (TPSA) is 90.6 Å². The van der Waals surface area contributed by atoms with Crippen LogP contribution in [0.1, 0.15) is 37.9 Å². The first-order valence-electron chi connectivity index (χ1n) is 9.46. The van der Waals surface area contributed by atoms with Crippen LogP contribution in [0.3, 0.4) is 0 Å². The lowest BCUT2D eigenvalue weighted by molar-refractivity contribution is 0.102. The van der Waals surface area contributed by atoms with E-state index in [1.807, 2.05) is 45.0 Å². The Labute approximate surface area is 176 Å². The van der Waals surface area contributed by atoms with Crippen LogP contribution in [0.2, 0.25) is 0 Å². The van der Waals surface area contributed by atoms with Gasteiger partial charge in [0.15, 0.2) is 22.3 Å². The standard InChI is InChI=1S/C21H19N5O3S/c1-11-6-12(2)26-19(23-11)15(9-22-26)20(27)25-21-24-13(3)18(30-21)8-14-4-5-16-17(7-14)29-10-28-16/h4-7,9H,8,10H2,1-3H3,(H,24,25,27). The molecule has 1 amide bonds. The van der Waals surface area contributed by atoms with Gasteiger partial charge >= 0.3 is 0 Å². The van der Waals surface area contributed by atoms with E-state index >= 15 is 0 Å². The summed E-state index contributed by atoms with van der Waals surface area (Å²) >= 11 is 1.46. The second-order valence-corrected chi connectivity index (χ2v) is 8.26. The summed E-state index contributed by atoms with van der Waals surface area (Å²) in [6.07, 6.45) is 2.24. The highest BCUT2D eigenvalue weighted by molar-refractivity contribution is 7.15. The van der Waals surface area contributed by atoms with E-state index in [9.17, 15) is 4.79 Å². The second-order valence-electron chi connectivity index (χ2n) is 7.18. The van der Waals surface area contributed by atoms with Crippen LogP contribution >= 0.6 is 11.3 Å². The van der Waals surface area contributed by atoms with Crippen molar-refractivity contribution in [2.24, 2.45) is 0 Å². The average Bonchev–Trinajstić information content (AvgIpc) is 3.40. The summed E-state index contributed by atoms with van der Waals surface area (Å²) in [7, 11) is 0. The number of rotatable bonds is 4. The smallest absolute Gasteiger partial charge is 0.262 e. The molecule has 1 aliphatic rings. The average molecular weight is 421 g/mol. The molecular formula is C21H19N5O3S. The van der Waals surface area contributed by atoms with E-state index in [4.69, 9.17) is 9.47 Å². The van der Waals surface area contributed by atoms with Crippen LogP contribution in [-0.2, 0) is 6.42 Å². The Balaban J connectivity index is 1.37. The van der Waals surface area contributed by atoms with Crippen molar-refractivity contribution in [3.63, 3.8) is 0 Å². The normalized spacial score (nSPS) is 12.5. The van der Waals surface area contributed by atoms with Crippen molar-refractivity contribution in [1.82, 2.24) is 19.6 Å². The van der Waals surface area contributed by atoms with E-state index < -0.39 is 0 Å². The summed E-state index contributed by atoms with van der Waals surface area (Å²) in [4.78, 5) is 22.9. The molecule has 3 aromatic heterocycles. The zero-order valence-electron chi connectivity index (χ0n) is 16.7. The molecule has 0 spiro atoms. The van der Waals surface area contributed by atoms with Gasteiger partial charge in [0.25, 0.3) is 5.91 Å². The molecule has 0 saturated carbocycles. The van der Waals surface area contributed by atoms with Gasteiger partial charge in [0.2, 0.25) is 6.79 Å². The Morgan fingerprint density at radius 2 is 2.00 bits per heavy atom. The third-order valence-electron chi connectivity index (χ3n) is 4.94. The molecule has 0 aliphatic carbocycles. The lowest BCUT2D eigenvalue weighted by Gasteiger charge is -2.03. The zero-order valence-corrected chi connectivity index (χ0v) is 17.5. The molecule has 152 valence electrons. The number of aryl methyl sites for hydroxylation is 3. The van der Waals surface area contributed by atoms with Crippen molar-refractivity contribution in [2.75, 3.05) is 12.1 Å². The van der Waals surface area contributed by atoms with Gasteiger partial charge in [0.1, 0.15) is 5.56 Å². The Bertz CT molecular complexity index is 1290. The van der Waals surface area contributed by atoms with Crippen molar-refractivity contribution in [3.8, 4) is 11.5 Å². The lowest BCUT2D eigenvalue weighted by Crippen LogP contribution is -2.12. The molecule has 30 heavy (non-hydrogen) atoms. The third-order valence-corrected chi connectivity index (χ3v) is 6.01. The monoisotopic (exact) mass is 421 g/mol. The Hall–Kier alpha value is -3.46. The predicted octanol–water partition coefficient (Wildman–Crippen LogP) is 3.68. The molecule has 8 nitrogen and oxygen atoms in total. The summed E-state index contributed by atoms with van der Waals surface area (Å²) in [5, 5.41) is 7.73. The molecule has 0 fully saturated rings. The van der Waals surface area contributed by atoms with Gasteiger partial charge in [0, 0.05) is 22.7 Å². The van der Waals surface area contributed by atoms with Crippen molar-refractivity contribution in [3.05, 3.63) is 63.5 Å². The molecule has 1 N–H and O–H groups in total. The molecule has 9 heteroatoms. The first-order chi connectivity index (χ1) is 14.5. The van der Waals surface area contributed by atoms with Crippen molar-refractivity contribution >= 4 is 28.0 Å². The number of nitrogens with one attached hydrogen (secondary N) is 1. The maximum atomic E-state index is 12.9. The van der Waals surface area contributed by atoms with Crippen molar-refractivity contribution < 1.29 is 14.3 Å². The number of carbonyl (C=O) groups is 1. The zero-order chi connectivity index (χ0) is 20.8. The maximum absolute atomic E-state index is 12.9. The molecule has 5 rings (SSSR count). The fraction of sp³-hybridized carbons (Fsp3) is 0.238. The fourth-order valence-corrected chi connectivity index (χ4v) is 4.47. The van der Waals surface area contributed by atoms with Crippen molar-refractivity contribution in [2.45, 2.75) is 27.2 Å². The van der Waals surface area contributed by atoms with E-state index in [2.05, 4.69) is 20.4 Å². The van der Waals surface area contributed by atoms with Gasteiger partial charge in [-0.1, -0.05) is 6.07 Å². The van der Waals surface area contributed by atoms with E-state index in [-0.39, 0.29) is 12.7 Å². The molecule has 0 radical (unpaired) electrons. The molecule has 0 atom stereocenters. The number of amides is 1. The number of anilines is 1. The summed E-state index contributed by atoms with van der Waals surface area (Å²) < 4.78 is 12.5. The second kappa shape index (κ2) is 7.10. The SMILES string of the molecule is Cc1cc(C)n2ncc(C(=O)Nc3nc(C)c(Cc4ccc5c(c4)OCO5)s3)c2n1. The number of nitrogens with zero attached hydrogens (tertiary/aromatic N) is 4. The van der Waals surface area contributed by atoms with Crippen LogP contribution in [0.5, 0.6) is 11.5 Å². The van der Waals surface area contributed by atoms with Gasteiger partial charge in [-0.2, -0.15) is 5.10 Å². The fourth-order valence-electron chi connectivity index (χ4n) is 3.48. The highest BCUT2D eigenvalue weighted by Gasteiger charge is 2.19. The van der Waals surface area contributed by atoms with E-state index in [1.165, 1.54) is 17.5 Å². The molecule has 0 bridgehead atoms. The van der Waals surface area contributed by atoms with Crippen LogP contribution < -0.4 is 14.8 Å². The molecule has 4 heterocycles. The first kappa shape index (κ1) is 18.6. The van der Waals surface area contributed by atoms with Crippen LogP contribution in [0.4, 0.5) is 5.13 Å². The Morgan fingerprint density at radius 3 is 2.87 bits per heavy atom. The summed E-state index contributed by atoms with van der Waals surface area (Å²) in [5.41, 5.74) is 4.71. The van der Waals surface area contributed by atoms with Gasteiger partial charge < -0.3 is 9.47 Å². The molecule has 1 aliphatic heterocycles. The van der Waals surface area contributed by atoms with Gasteiger partial charge in [-0.15, -0.1) is 11.3 Å². The van der Waals surface area contributed by atoms with E-state index in [1.54, 1.807) is 4.52 Å². The minimum atomic E-state index is -0.272. The molecule has 0 unspecified atom stereocenters. The molecule has 4 aromatic rings. The van der Waals surface area contributed by atoms with Gasteiger partial charge in [-0.3, -0.25) is 10.1 Å². The highest BCUT2D eigenvalue weighted by Crippen LogP contribution is 2.34. The van der Waals surface area contributed by atoms with Gasteiger partial charge in [-0.05, 0) is 44.5 Å².